The van der Waals surface area contributed by atoms with E-state index in [9.17, 15) is 9.59 Å². The van der Waals surface area contributed by atoms with Crippen molar-refractivity contribution in [1.29, 1.82) is 0 Å². The lowest BCUT2D eigenvalue weighted by molar-refractivity contribution is -0.155. The summed E-state index contributed by atoms with van der Waals surface area (Å²) in [5.41, 5.74) is -0.563. The van der Waals surface area contributed by atoms with E-state index in [1.54, 1.807) is 6.92 Å². The fourth-order valence-electron chi connectivity index (χ4n) is 1.19. The Labute approximate surface area is 99.2 Å². The molecule has 0 saturated carbocycles. The van der Waals surface area contributed by atoms with Crippen molar-refractivity contribution in [2.24, 2.45) is 0 Å². The van der Waals surface area contributed by atoms with Crippen LogP contribution in [0.15, 0.2) is 10.7 Å². The number of carboxylic acid groups (broad SMARTS) is 1. The molecule has 0 radical (unpaired) electrons. The Kier molecular flexibility index (Phi) is 3.55. The molecule has 0 aliphatic carbocycles. The zero-order chi connectivity index (χ0) is 13.2. The van der Waals surface area contributed by atoms with Crippen LogP contribution in [0.2, 0.25) is 0 Å². The van der Waals surface area contributed by atoms with Crippen LogP contribution in [0.1, 0.15) is 25.4 Å². The molecule has 0 bridgehead atoms. The molecule has 17 heavy (non-hydrogen) atoms. The van der Waals surface area contributed by atoms with Crippen LogP contribution in [0, 0.1) is 6.92 Å². The molecule has 0 spiro atoms. The molecule has 6 nitrogen and oxygen atoms in total. The molecule has 0 aliphatic heterocycles. The Morgan fingerprint density at radius 1 is 1.53 bits per heavy atom. The summed E-state index contributed by atoms with van der Waals surface area (Å²) >= 11 is 0. The summed E-state index contributed by atoms with van der Waals surface area (Å²) in [6.45, 7) is 4.68. The number of oxazole rings is 1. The van der Waals surface area contributed by atoms with Gasteiger partial charge in [-0.25, -0.2) is 9.78 Å². The summed E-state index contributed by atoms with van der Waals surface area (Å²) in [6, 6.07) is 0. The number of likely N-dealkylation sites (N-methyl/N-ethyl adjacent to an activating group) is 1. The molecule has 1 aromatic rings. The molecule has 1 rings (SSSR count). The molecule has 0 atom stereocenters. The van der Waals surface area contributed by atoms with Gasteiger partial charge in [0.1, 0.15) is 18.2 Å². The Hall–Kier alpha value is -1.85. The fourth-order valence-corrected chi connectivity index (χ4v) is 1.19. The number of carbonyl (C=O) groups excluding carboxylic acids is 1. The normalized spacial score (nSPS) is 11.3. The van der Waals surface area contributed by atoms with E-state index in [1.807, 2.05) is 0 Å². The van der Waals surface area contributed by atoms with Gasteiger partial charge in [-0.05, 0) is 20.8 Å². The molecule has 94 valence electrons. The maximum Gasteiger partial charge on any atom is 0.329 e. The third-order valence-corrected chi connectivity index (χ3v) is 2.71. The van der Waals surface area contributed by atoms with Gasteiger partial charge in [0, 0.05) is 7.05 Å². The van der Waals surface area contributed by atoms with Gasteiger partial charge >= 0.3 is 5.97 Å². The maximum atomic E-state index is 11.8. The molecule has 1 N–H and O–H groups in total. The lowest BCUT2D eigenvalue weighted by atomic mass is 10.0. The Morgan fingerprint density at radius 3 is 2.53 bits per heavy atom. The van der Waals surface area contributed by atoms with Crippen LogP contribution in [0.25, 0.3) is 0 Å². The number of aryl methyl sites for hydroxylation is 1. The highest BCUT2D eigenvalue weighted by Crippen LogP contribution is 2.14. The summed E-state index contributed by atoms with van der Waals surface area (Å²) in [5.74, 6) is -1.11. The average molecular weight is 240 g/mol. The standard InChI is InChI=1S/C11H16N2O4/c1-7-6-17-8(12-7)5-9(14)13(4)11(2,3)10(15)16/h6H,5H2,1-4H3,(H,15,16). The first-order valence-corrected chi connectivity index (χ1v) is 5.16. The minimum atomic E-state index is -1.25. The SMILES string of the molecule is Cc1coc(CC(=O)N(C)C(C)(C)C(=O)O)n1. The van der Waals surface area contributed by atoms with Gasteiger partial charge in [-0.1, -0.05) is 0 Å². The van der Waals surface area contributed by atoms with Crippen LogP contribution >= 0.6 is 0 Å². The second-order valence-corrected chi connectivity index (χ2v) is 4.38. The number of aromatic nitrogens is 1. The maximum absolute atomic E-state index is 11.8. The summed E-state index contributed by atoms with van der Waals surface area (Å²) < 4.78 is 5.05. The fraction of sp³-hybridized carbons (Fsp3) is 0.545. The number of rotatable bonds is 4. The van der Waals surface area contributed by atoms with E-state index in [2.05, 4.69) is 4.98 Å². The molecule has 0 unspecified atom stereocenters. The highest BCUT2D eigenvalue weighted by atomic mass is 16.4. The third-order valence-electron chi connectivity index (χ3n) is 2.71. The number of hydrogen-bond donors (Lipinski definition) is 1. The van der Waals surface area contributed by atoms with Crippen LogP contribution < -0.4 is 0 Å². The van der Waals surface area contributed by atoms with Crippen LogP contribution in [0.5, 0.6) is 0 Å². The number of carboxylic acids is 1. The summed E-state index contributed by atoms with van der Waals surface area (Å²) in [5, 5.41) is 9.00. The molecule has 1 amide bonds. The topological polar surface area (TPSA) is 83.6 Å². The molecular weight excluding hydrogens is 224 g/mol. The van der Waals surface area contributed by atoms with Crippen molar-refractivity contribution < 1.29 is 19.1 Å². The molecule has 0 fully saturated rings. The van der Waals surface area contributed by atoms with Gasteiger partial charge in [-0.3, -0.25) is 4.79 Å². The predicted octanol–water partition coefficient (Wildman–Crippen LogP) is 0.847. The molecule has 1 aromatic heterocycles. The van der Waals surface area contributed by atoms with Crippen LogP contribution in [-0.2, 0) is 16.0 Å². The van der Waals surface area contributed by atoms with Gasteiger partial charge in [-0.15, -0.1) is 0 Å². The number of hydrogen-bond acceptors (Lipinski definition) is 4. The van der Waals surface area contributed by atoms with Gasteiger partial charge < -0.3 is 14.4 Å². The molecule has 0 aliphatic rings. The second kappa shape index (κ2) is 4.57. The number of aliphatic carboxylic acids is 1. The molecular formula is C11H16N2O4. The van der Waals surface area contributed by atoms with Gasteiger partial charge in [0.25, 0.3) is 0 Å². The molecule has 6 heteroatoms. The van der Waals surface area contributed by atoms with Crippen molar-refractivity contribution in [2.45, 2.75) is 32.7 Å². The van der Waals surface area contributed by atoms with Crippen molar-refractivity contribution in [1.82, 2.24) is 9.88 Å². The highest BCUT2D eigenvalue weighted by Gasteiger charge is 2.35. The minimum Gasteiger partial charge on any atom is -0.480 e. The van der Waals surface area contributed by atoms with E-state index >= 15 is 0 Å². The van der Waals surface area contributed by atoms with Crippen LogP contribution in [-0.4, -0.2) is 39.5 Å². The second-order valence-electron chi connectivity index (χ2n) is 4.38. The predicted molar refractivity (Wildman–Crippen MR) is 59.4 cm³/mol. The zero-order valence-electron chi connectivity index (χ0n) is 10.4. The molecule has 1 heterocycles. The van der Waals surface area contributed by atoms with E-state index in [4.69, 9.17) is 9.52 Å². The lowest BCUT2D eigenvalue weighted by Crippen LogP contribution is -2.51. The number of nitrogens with zero attached hydrogens (tertiary/aromatic N) is 2. The van der Waals surface area contributed by atoms with Gasteiger partial charge in [0.15, 0.2) is 0 Å². The Balaban J connectivity index is 2.74. The number of carbonyl (C=O) groups is 2. The van der Waals surface area contributed by atoms with Crippen molar-refractivity contribution in [3.05, 3.63) is 17.8 Å². The smallest absolute Gasteiger partial charge is 0.329 e. The van der Waals surface area contributed by atoms with E-state index < -0.39 is 11.5 Å². The minimum absolute atomic E-state index is 0.0406. The first-order valence-electron chi connectivity index (χ1n) is 5.16. The molecule has 0 saturated heterocycles. The highest BCUT2D eigenvalue weighted by molar-refractivity contribution is 5.86. The van der Waals surface area contributed by atoms with Crippen molar-refractivity contribution in [3.8, 4) is 0 Å². The first kappa shape index (κ1) is 13.2. The van der Waals surface area contributed by atoms with Gasteiger partial charge in [-0.2, -0.15) is 0 Å². The van der Waals surface area contributed by atoms with Gasteiger partial charge in [0.05, 0.1) is 5.69 Å². The first-order chi connectivity index (χ1) is 7.75. The molecule has 0 aromatic carbocycles. The van der Waals surface area contributed by atoms with Crippen molar-refractivity contribution in [3.63, 3.8) is 0 Å². The van der Waals surface area contributed by atoms with Crippen LogP contribution in [0.4, 0.5) is 0 Å². The monoisotopic (exact) mass is 240 g/mol. The van der Waals surface area contributed by atoms with Crippen molar-refractivity contribution in [2.75, 3.05) is 7.05 Å². The summed E-state index contributed by atoms with van der Waals surface area (Å²) in [7, 11) is 1.45. The quantitative estimate of drug-likeness (QED) is 0.843. The third kappa shape index (κ3) is 2.83. The van der Waals surface area contributed by atoms with Crippen LogP contribution in [0.3, 0.4) is 0 Å². The van der Waals surface area contributed by atoms with E-state index in [-0.39, 0.29) is 12.3 Å². The van der Waals surface area contributed by atoms with E-state index in [0.29, 0.717) is 11.6 Å². The largest absolute Gasteiger partial charge is 0.480 e. The Bertz CT molecular complexity index is 436. The summed E-state index contributed by atoms with van der Waals surface area (Å²) in [6.07, 6.45) is 1.41. The summed E-state index contributed by atoms with van der Waals surface area (Å²) in [4.78, 5) is 28.0. The van der Waals surface area contributed by atoms with Gasteiger partial charge in [0.2, 0.25) is 11.8 Å². The number of amides is 1. The Morgan fingerprint density at radius 2 is 2.12 bits per heavy atom. The zero-order valence-corrected chi connectivity index (χ0v) is 10.4. The van der Waals surface area contributed by atoms with E-state index in [0.717, 1.165) is 0 Å². The lowest BCUT2D eigenvalue weighted by Gasteiger charge is -2.31. The van der Waals surface area contributed by atoms with Crippen molar-refractivity contribution >= 4 is 11.9 Å². The average Bonchev–Trinajstić information content (AvgIpc) is 2.62. The van der Waals surface area contributed by atoms with E-state index in [1.165, 1.54) is 32.1 Å².